The van der Waals surface area contributed by atoms with E-state index in [9.17, 15) is 19.5 Å². The Balaban J connectivity index is 1.04. The van der Waals surface area contributed by atoms with Gasteiger partial charge in [0.1, 0.15) is 23.7 Å². The number of halogens is 1. The Kier molecular flexibility index (Phi) is 7.37. The molecule has 3 aromatic rings. The Labute approximate surface area is 238 Å². The first-order valence-electron chi connectivity index (χ1n) is 13.4. The molecule has 2 saturated heterocycles. The summed E-state index contributed by atoms with van der Waals surface area (Å²) < 4.78 is 22.1. The van der Waals surface area contributed by atoms with Crippen LogP contribution in [0.4, 0.5) is 19.7 Å². The zero-order valence-electron chi connectivity index (χ0n) is 22.3. The largest absolute Gasteiger partial charge is 0.465 e. The molecule has 2 N–H and O–H groups in total. The van der Waals surface area contributed by atoms with E-state index in [1.807, 2.05) is 0 Å². The van der Waals surface area contributed by atoms with Crippen molar-refractivity contribution in [3.05, 3.63) is 60.4 Å². The zero-order valence-corrected chi connectivity index (χ0v) is 22.3. The molecule has 42 heavy (non-hydrogen) atoms. The van der Waals surface area contributed by atoms with Crippen molar-refractivity contribution in [3.8, 4) is 11.1 Å². The van der Waals surface area contributed by atoms with Gasteiger partial charge >= 0.3 is 12.2 Å². The predicted molar refractivity (Wildman–Crippen MR) is 144 cm³/mol. The van der Waals surface area contributed by atoms with E-state index in [1.165, 1.54) is 23.4 Å². The predicted octanol–water partition coefficient (Wildman–Crippen LogP) is 2.26. The molecule has 0 spiro atoms. The molecule has 14 nitrogen and oxygen atoms in total. The highest BCUT2D eigenvalue weighted by molar-refractivity contribution is 6.00. The van der Waals surface area contributed by atoms with Crippen LogP contribution in [-0.4, -0.2) is 91.7 Å². The summed E-state index contributed by atoms with van der Waals surface area (Å²) in [4.78, 5) is 48.6. The third-order valence-corrected chi connectivity index (χ3v) is 7.41. The SMILES string of the molecule is O=C(NC[C@@H]1CC(c2ccc(-c3ccc(N4C[C@H](Cn5ccnn5)OC4=O)cc3F)cn2)=NO1)[C@@H]1CCCN1C(=O)O. The van der Waals surface area contributed by atoms with Crippen LogP contribution in [0.1, 0.15) is 25.0 Å². The van der Waals surface area contributed by atoms with Gasteiger partial charge in [0.25, 0.3) is 0 Å². The monoisotopic (exact) mass is 578 g/mol. The van der Waals surface area contributed by atoms with E-state index in [0.29, 0.717) is 60.6 Å². The maximum atomic E-state index is 15.2. The Bertz CT molecular complexity index is 1520. The topological polar surface area (TPSA) is 164 Å². The molecule has 2 fully saturated rings. The summed E-state index contributed by atoms with van der Waals surface area (Å²) in [5, 5.41) is 23.7. The number of hydrogen-bond donors (Lipinski definition) is 2. The number of carbonyl (C=O) groups excluding carboxylic acids is 2. The molecule has 0 aliphatic carbocycles. The van der Waals surface area contributed by atoms with Crippen molar-refractivity contribution >= 4 is 29.5 Å². The summed E-state index contributed by atoms with van der Waals surface area (Å²) in [5.74, 6) is -0.869. The summed E-state index contributed by atoms with van der Waals surface area (Å²) in [6.45, 7) is 1.12. The molecule has 2 aromatic heterocycles. The van der Waals surface area contributed by atoms with Crippen LogP contribution in [0.3, 0.4) is 0 Å². The highest BCUT2D eigenvalue weighted by Crippen LogP contribution is 2.29. The van der Waals surface area contributed by atoms with Crippen LogP contribution in [-0.2, 0) is 20.9 Å². The number of nitrogens with one attached hydrogen (secondary N) is 1. The number of likely N-dealkylation sites (tertiary alicyclic amines) is 1. The average molecular weight is 579 g/mol. The first-order chi connectivity index (χ1) is 20.4. The van der Waals surface area contributed by atoms with Crippen LogP contribution >= 0.6 is 0 Å². The van der Waals surface area contributed by atoms with Gasteiger partial charge in [0, 0.05) is 36.5 Å². The fourth-order valence-electron chi connectivity index (χ4n) is 5.29. The minimum absolute atomic E-state index is 0.178. The van der Waals surface area contributed by atoms with E-state index in [4.69, 9.17) is 9.57 Å². The van der Waals surface area contributed by atoms with Crippen molar-refractivity contribution in [2.45, 2.75) is 44.1 Å². The van der Waals surface area contributed by atoms with Crippen molar-refractivity contribution in [2.75, 3.05) is 24.5 Å². The van der Waals surface area contributed by atoms with Gasteiger partial charge in [-0.25, -0.2) is 18.7 Å². The molecule has 0 saturated carbocycles. The molecule has 3 atom stereocenters. The number of amides is 3. The van der Waals surface area contributed by atoms with Gasteiger partial charge in [-0.2, -0.15) is 0 Å². The second-order valence-electron chi connectivity index (χ2n) is 10.2. The Morgan fingerprint density at radius 2 is 2.07 bits per heavy atom. The summed E-state index contributed by atoms with van der Waals surface area (Å²) in [6.07, 6.45) is 3.75. The number of aromatic nitrogens is 4. The number of oxime groups is 1. The number of pyridine rings is 1. The Hall–Kier alpha value is -5.08. The van der Waals surface area contributed by atoms with Gasteiger partial charge in [0.05, 0.1) is 37.2 Å². The Morgan fingerprint density at radius 3 is 2.81 bits per heavy atom. The van der Waals surface area contributed by atoms with E-state index in [2.05, 4.69) is 25.8 Å². The van der Waals surface area contributed by atoms with Crippen LogP contribution in [0.15, 0.2) is 54.1 Å². The number of anilines is 1. The molecule has 6 rings (SSSR count). The highest BCUT2D eigenvalue weighted by Gasteiger charge is 2.35. The summed E-state index contributed by atoms with van der Waals surface area (Å²) in [7, 11) is 0. The van der Waals surface area contributed by atoms with Crippen molar-refractivity contribution in [1.29, 1.82) is 0 Å². The second-order valence-corrected chi connectivity index (χ2v) is 10.2. The minimum Gasteiger partial charge on any atom is -0.465 e. The lowest BCUT2D eigenvalue weighted by Crippen LogP contribution is -2.47. The number of cyclic esters (lactones) is 1. The fourth-order valence-corrected chi connectivity index (χ4v) is 5.29. The van der Waals surface area contributed by atoms with E-state index >= 15 is 4.39 Å². The fraction of sp³-hybridized carbons (Fsp3) is 0.370. The zero-order chi connectivity index (χ0) is 29.2. The molecule has 1 aromatic carbocycles. The minimum atomic E-state index is -1.11. The van der Waals surface area contributed by atoms with E-state index < -0.39 is 36.3 Å². The van der Waals surface area contributed by atoms with Crippen LogP contribution in [0.2, 0.25) is 0 Å². The molecule has 0 bridgehead atoms. The van der Waals surface area contributed by atoms with Gasteiger partial charge in [-0.3, -0.25) is 19.6 Å². The normalized spacial score (nSPS) is 21.7. The van der Waals surface area contributed by atoms with Crippen LogP contribution in [0, 0.1) is 5.82 Å². The van der Waals surface area contributed by atoms with Crippen molar-refractivity contribution < 1.29 is 33.5 Å². The quantitative estimate of drug-likeness (QED) is 0.408. The van der Waals surface area contributed by atoms with Crippen LogP contribution in [0.25, 0.3) is 11.1 Å². The van der Waals surface area contributed by atoms with Gasteiger partial charge in [-0.1, -0.05) is 16.4 Å². The maximum Gasteiger partial charge on any atom is 0.414 e. The summed E-state index contributed by atoms with van der Waals surface area (Å²) >= 11 is 0. The van der Waals surface area contributed by atoms with E-state index in [1.54, 1.807) is 35.1 Å². The molecule has 15 heteroatoms. The number of nitrogens with zero attached hydrogens (tertiary/aromatic N) is 7. The van der Waals surface area contributed by atoms with Crippen LogP contribution < -0.4 is 10.2 Å². The number of carboxylic acid groups (broad SMARTS) is 1. The van der Waals surface area contributed by atoms with Gasteiger partial charge in [-0.05, 0) is 37.1 Å². The molecule has 3 aliphatic rings. The standard InChI is InChI=1S/C27H27FN8O6/c28-21-10-17(36-15-19(41-27(36)40)14-34-9-7-31-33-34)4-5-20(21)16-3-6-22(29-12-16)23-11-18(42-32-23)13-30-25(37)24-2-1-8-35(24)26(38)39/h3-7,9-10,12,18-19,24H,1-2,8,11,13-15H2,(H,30,37)(H,38,39)/t18-,19-,24-/m0/s1. The van der Waals surface area contributed by atoms with Crippen molar-refractivity contribution in [3.63, 3.8) is 0 Å². The molecule has 3 amide bonds. The number of benzene rings is 1. The molecular formula is C27H27FN8O6. The van der Waals surface area contributed by atoms with Crippen molar-refractivity contribution in [1.82, 2.24) is 30.2 Å². The molecule has 0 unspecified atom stereocenters. The van der Waals surface area contributed by atoms with Crippen molar-refractivity contribution in [2.24, 2.45) is 5.16 Å². The van der Waals surface area contributed by atoms with Gasteiger partial charge in [-0.15, -0.1) is 5.10 Å². The number of hydrogen-bond acceptors (Lipinski definition) is 9. The lowest BCUT2D eigenvalue weighted by atomic mass is 10.0. The smallest absolute Gasteiger partial charge is 0.414 e. The second kappa shape index (κ2) is 11.4. The number of rotatable bonds is 8. The van der Waals surface area contributed by atoms with Gasteiger partial charge < -0.3 is 20.0 Å². The first-order valence-corrected chi connectivity index (χ1v) is 13.4. The molecule has 0 radical (unpaired) electrons. The highest BCUT2D eigenvalue weighted by atomic mass is 19.1. The third kappa shape index (κ3) is 5.57. The van der Waals surface area contributed by atoms with E-state index in [-0.39, 0.29) is 19.0 Å². The third-order valence-electron chi connectivity index (χ3n) is 7.41. The van der Waals surface area contributed by atoms with Gasteiger partial charge in [0.2, 0.25) is 5.91 Å². The molecule has 3 aliphatic heterocycles. The number of ether oxygens (including phenoxy) is 1. The summed E-state index contributed by atoms with van der Waals surface area (Å²) in [6, 6.07) is 7.26. The maximum absolute atomic E-state index is 15.2. The summed E-state index contributed by atoms with van der Waals surface area (Å²) in [5.41, 5.74) is 2.37. The van der Waals surface area contributed by atoms with Gasteiger partial charge in [0.15, 0.2) is 6.10 Å². The molecule has 218 valence electrons. The van der Waals surface area contributed by atoms with Crippen LogP contribution in [0.5, 0.6) is 0 Å². The Morgan fingerprint density at radius 1 is 1.19 bits per heavy atom. The average Bonchev–Trinajstić information content (AvgIpc) is 3.80. The lowest BCUT2D eigenvalue weighted by Gasteiger charge is -2.21. The molecule has 5 heterocycles. The first kappa shape index (κ1) is 27.1. The van der Waals surface area contributed by atoms with E-state index in [0.717, 1.165) is 4.90 Å². The lowest BCUT2D eigenvalue weighted by molar-refractivity contribution is -0.125. The molecular weight excluding hydrogens is 551 g/mol. The number of carbonyl (C=O) groups is 3.